The van der Waals surface area contributed by atoms with E-state index in [0.717, 1.165) is 23.8 Å². The van der Waals surface area contributed by atoms with Gasteiger partial charge in [0.2, 0.25) is 5.91 Å². The van der Waals surface area contributed by atoms with Gasteiger partial charge in [0.15, 0.2) is 0 Å². The maximum absolute atomic E-state index is 12.7. The van der Waals surface area contributed by atoms with Crippen molar-refractivity contribution >= 4 is 23.2 Å². The van der Waals surface area contributed by atoms with Crippen molar-refractivity contribution in [2.24, 2.45) is 0 Å². The molecule has 2 N–H and O–H groups in total. The standard InChI is InChI=1S/C17H16ClF3N2O2/c1-25-15-5-3-2-4-11(15)9-23-16(24)10-22-14-8-12(17(19,20)21)6-7-13(14)18/h2-8,22H,9-10H2,1H3,(H,23,24). The number of rotatable bonds is 6. The van der Waals surface area contributed by atoms with E-state index in [1.165, 1.54) is 7.11 Å². The van der Waals surface area contributed by atoms with E-state index in [1.807, 2.05) is 6.07 Å². The maximum Gasteiger partial charge on any atom is 0.416 e. The van der Waals surface area contributed by atoms with Crippen LogP contribution in [-0.4, -0.2) is 19.6 Å². The molecule has 2 rings (SSSR count). The average molecular weight is 373 g/mol. The van der Waals surface area contributed by atoms with Gasteiger partial charge in [0.25, 0.3) is 0 Å². The van der Waals surface area contributed by atoms with Crippen molar-refractivity contribution < 1.29 is 22.7 Å². The predicted octanol–water partition coefficient (Wildman–Crippen LogP) is 4.10. The summed E-state index contributed by atoms with van der Waals surface area (Å²) < 4.78 is 43.3. The van der Waals surface area contributed by atoms with Gasteiger partial charge in [-0.15, -0.1) is 0 Å². The first kappa shape index (κ1) is 18.9. The Labute approximate surface area is 147 Å². The molecule has 0 saturated carbocycles. The van der Waals surface area contributed by atoms with Gasteiger partial charge in [-0.05, 0) is 24.3 Å². The molecule has 0 saturated heterocycles. The number of anilines is 1. The third-order valence-electron chi connectivity index (χ3n) is 3.40. The number of hydrogen-bond acceptors (Lipinski definition) is 3. The van der Waals surface area contributed by atoms with E-state index in [9.17, 15) is 18.0 Å². The van der Waals surface area contributed by atoms with Crippen LogP contribution in [0.3, 0.4) is 0 Å². The van der Waals surface area contributed by atoms with Crippen molar-refractivity contribution in [1.29, 1.82) is 0 Å². The Hall–Kier alpha value is -2.41. The fraction of sp³-hybridized carbons (Fsp3) is 0.235. The Kier molecular flexibility index (Phi) is 6.14. The minimum Gasteiger partial charge on any atom is -0.496 e. The molecular formula is C17H16ClF3N2O2. The lowest BCUT2D eigenvalue weighted by Gasteiger charge is -2.13. The van der Waals surface area contributed by atoms with Gasteiger partial charge in [-0.2, -0.15) is 13.2 Å². The van der Waals surface area contributed by atoms with E-state index in [-0.39, 0.29) is 29.7 Å². The van der Waals surface area contributed by atoms with Crippen LogP contribution in [-0.2, 0) is 17.5 Å². The van der Waals surface area contributed by atoms with Crippen molar-refractivity contribution in [2.45, 2.75) is 12.7 Å². The van der Waals surface area contributed by atoms with Crippen molar-refractivity contribution in [3.8, 4) is 5.75 Å². The molecule has 2 aromatic rings. The fourth-order valence-electron chi connectivity index (χ4n) is 2.12. The van der Waals surface area contributed by atoms with Gasteiger partial charge >= 0.3 is 6.18 Å². The van der Waals surface area contributed by atoms with E-state index in [1.54, 1.807) is 18.2 Å². The first-order chi connectivity index (χ1) is 11.8. The van der Waals surface area contributed by atoms with E-state index in [2.05, 4.69) is 10.6 Å². The lowest BCUT2D eigenvalue weighted by molar-refractivity contribution is -0.137. The topological polar surface area (TPSA) is 50.4 Å². The van der Waals surface area contributed by atoms with E-state index in [0.29, 0.717) is 5.75 Å². The average Bonchev–Trinajstić information content (AvgIpc) is 2.58. The summed E-state index contributed by atoms with van der Waals surface area (Å²) in [6.45, 7) is 0.0248. The Bertz CT molecular complexity index is 751. The SMILES string of the molecule is COc1ccccc1CNC(=O)CNc1cc(C(F)(F)F)ccc1Cl. The van der Waals surface area contributed by atoms with Gasteiger partial charge in [-0.25, -0.2) is 0 Å². The third kappa shape index (κ3) is 5.29. The lowest BCUT2D eigenvalue weighted by Crippen LogP contribution is -2.29. The molecule has 0 bridgehead atoms. The molecule has 0 aliphatic carbocycles. The Balaban J connectivity index is 1.94. The van der Waals surface area contributed by atoms with Crippen LogP contribution in [0.1, 0.15) is 11.1 Å². The van der Waals surface area contributed by atoms with Gasteiger partial charge in [0.05, 0.1) is 29.9 Å². The third-order valence-corrected chi connectivity index (χ3v) is 3.73. The number of benzene rings is 2. The quantitative estimate of drug-likeness (QED) is 0.802. The zero-order valence-corrected chi connectivity index (χ0v) is 14.0. The second-order valence-corrected chi connectivity index (χ2v) is 5.54. The maximum atomic E-state index is 12.7. The molecule has 1 amide bonds. The van der Waals surface area contributed by atoms with Crippen LogP contribution < -0.4 is 15.4 Å². The molecule has 0 fully saturated rings. The summed E-state index contributed by atoms with van der Waals surface area (Å²) in [5, 5.41) is 5.38. The highest BCUT2D eigenvalue weighted by atomic mass is 35.5. The predicted molar refractivity (Wildman–Crippen MR) is 89.8 cm³/mol. The van der Waals surface area contributed by atoms with Gasteiger partial charge < -0.3 is 15.4 Å². The van der Waals surface area contributed by atoms with Crippen LogP contribution in [0.5, 0.6) is 5.75 Å². The first-order valence-corrected chi connectivity index (χ1v) is 7.68. The Morgan fingerprint density at radius 1 is 1.20 bits per heavy atom. The van der Waals surface area contributed by atoms with Crippen molar-refractivity contribution in [3.05, 3.63) is 58.6 Å². The highest BCUT2D eigenvalue weighted by Crippen LogP contribution is 2.33. The van der Waals surface area contributed by atoms with Gasteiger partial charge in [0.1, 0.15) is 5.75 Å². The molecule has 0 heterocycles. The number of carbonyl (C=O) groups is 1. The number of amides is 1. The number of alkyl halides is 3. The van der Waals surface area contributed by atoms with Crippen LogP contribution in [0, 0.1) is 0 Å². The zero-order chi connectivity index (χ0) is 18.4. The molecule has 134 valence electrons. The molecule has 0 aromatic heterocycles. The van der Waals surface area contributed by atoms with Crippen LogP contribution in [0.15, 0.2) is 42.5 Å². The van der Waals surface area contributed by atoms with Crippen molar-refractivity contribution in [1.82, 2.24) is 5.32 Å². The summed E-state index contributed by atoms with van der Waals surface area (Å²) in [6, 6.07) is 10.1. The molecule has 0 atom stereocenters. The van der Waals surface area contributed by atoms with E-state index < -0.39 is 11.7 Å². The zero-order valence-electron chi connectivity index (χ0n) is 13.3. The first-order valence-electron chi connectivity index (χ1n) is 7.30. The molecule has 0 radical (unpaired) electrons. The lowest BCUT2D eigenvalue weighted by atomic mass is 10.2. The summed E-state index contributed by atoms with van der Waals surface area (Å²) in [7, 11) is 1.53. The highest BCUT2D eigenvalue weighted by molar-refractivity contribution is 6.33. The summed E-state index contributed by atoms with van der Waals surface area (Å²) >= 11 is 5.86. The molecule has 2 aromatic carbocycles. The number of ether oxygens (including phenoxy) is 1. The van der Waals surface area contributed by atoms with Gasteiger partial charge in [-0.3, -0.25) is 4.79 Å². The molecular weight excluding hydrogens is 357 g/mol. The summed E-state index contributed by atoms with van der Waals surface area (Å²) in [5.74, 6) is 0.246. The minimum absolute atomic E-state index is 0.0453. The van der Waals surface area contributed by atoms with Crippen LogP contribution >= 0.6 is 11.6 Å². The largest absolute Gasteiger partial charge is 0.496 e. The van der Waals surface area contributed by atoms with Crippen LogP contribution in [0.2, 0.25) is 5.02 Å². The molecule has 8 heteroatoms. The fourth-order valence-corrected chi connectivity index (χ4v) is 2.30. The highest BCUT2D eigenvalue weighted by Gasteiger charge is 2.30. The van der Waals surface area contributed by atoms with Gasteiger partial charge in [-0.1, -0.05) is 29.8 Å². The molecule has 4 nitrogen and oxygen atoms in total. The molecule has 0 aliphatic rings. The van der Waals surface area contributed by atoms with E-state index >= 15 is 0 Å². The van der Waals surface area contributed by atoms with E-state index in [4.69, 9.17) is 16.3 Å². The second-order valence-electron chi connectivity index (χ2n) is 5.13. The molecule has 0 aliphatic heterocycles. The summed E-state index contributed by atoms with van der Waals surface area (Å²) in [4.78, 5) is 11.9. The smallest absolute Gasteiger partial charge is 0.416 e. The summed E-state index contributed by atoms with van der Waals surface area (Å²) in [6.07, 6.45) is -4.48. The molecule has 0 spiro atoms. The Morgan fingerprint density at radius 3 is 2.60 bits per heavy atom. The normalized spacial score (nSPS) is 11.1. The Morgan fingerprint density at radius 2 is 1.92 bits per heavy atom. The monoisotopic (exact) mass is 372 g/mol. The number of methoxy groups -OCH3 is 1. The van der Waals surface area contributed by atoms with Crippen molar-refractivity contribution in [3.63, 3.8) is 0 Å². The number of para-hydroxylation sites is 1. The van der Waals surface area contributed by atoms with Gasteiger partial charge in [0, 0.05) is 12.1 Å². The number of hydrogen-bond donors (Lipinski definition) is 2. The number of nitrogens with one attached hydrogen (secondary N) is 2. The van der Waals surface area contributed by atoms with Crippen LogP contribution in [0.25, 0.3) is 0 Å². The number of halogens is 4. The number of carbonyl (C=O) groups excluding carboxylic acids is 1. The molecule has 0 unspecified atom stereocenters. The molecule has 25 heavy (non-hydrogen) atoms. The van der Waals surface area contributed by atoms with Crippen molar-refractivity contribution in [2.75, 3.05) is 19.0 Å². The summed E-state index contributed by atoms with van der Waals surface area (Å²) in [5.41, 5.74) is -0.00628. The van der Waals surface area contributed by atoms with Crippen LogP contribution in [0.4, 0.5) is 18.9 Å². The second kappa shape index (κ2) is 8.11. The minimum atomic E-state index is -4.48.